The third-order valence-electron chi connectivity index (χ3n) is 5.04. The first-order chi connectivity index (χ1) is 12.5. The fourth-order valence-corrected chi connectivity index (χ4v) is 3.51. The van der Waals surface area contributed by atoms with Gasteiger partial charge in [-0.15, -0.1) is 5.10 Å². The second kappa shape index (κ2) is 8.64. The van der Waals surface area contributed by atoms with Gasteiger partial charge in [0.1, 0.15) is 0 Å². The minimum atomic E-state index is -0.0935. The molecule has 1 amide bonds. The quantitative estimate of drug-likeness (QED) is 0.746. The predicted molar refractivity (Wildman–Crippen MR) is 102 cm³/mol. The highest BCUT2D eigenvalue weighted by atomic mass is 35.5. The summed E-state index contributed by atoms with van der Waals surface area (Å²) in [4.78, 5) is 16.8. The van der Waals surface area contributed by atoms with Gasteiger partial charge < -0.3 is 9.80 Å². The molecular formula is C19H26ClN5O. The van der Waals surface area contributed by atoms with Crippen LogP contribution in [0.15, 0.2) is 30.5 Å². The molecule has 1 saturated heterocycles. The number of carbonyl (C=O) groups excluding carboxylic acids is 1. The van der Waals surface area contributed by atoms with Gasteiger partial charge in [0.15, 0.2) is 5.69 Å². The Hall–Kier alpha value is -1.92. The lowest BCUT2D eigenvalue weighted by Crippen LogP contribution is -2.35. The Balaban J connectivity index is 1.54. The Kier molecular flexibility index (Phi) is 6.27. The highest BCUT2D eigenvalue weighted by Crippen LogP contribution is 2.16. The Morgan fingerprint density at radius 1 is 1.31 bits per heavy atom. The maximum Gasteiger partial charge on any atom is 0.275 e. The molecule has 2 heterocycles. The summed E-state index contributed by atoms with van der Waals surface area (Å²) in [5.74, 6) is -0.0935. The molecule has 0 radical (unpaired) electrons. The van der Waals surface area contributed by atoms with Crippen molar-refractivity contribution in [2.75, 3.05) is 26.7 Å². The Morgan fingerprint density at radius 3 is 2.77 bits per heavy atom. The molecule has 6 nitrogen and oxygen atoms in total. The van der Waals surface area contributed by atoms with Crippen molar-refractivity contribution in [3.05, 3.63) is 46.7 Å². The summed E-state index contributed by atoms with van der Waals surface area (Å²) in [5, 5.41) is 8.79. The second-order valence-corrected chi connectivity index (χ2v) is 7.41. The van der Waals surface area contributed by atoms with Crippen molar-refractivity contribution in [1.29, 1.82) is 0 Å². The SMILES string of the molecule is CC(CCN(C)C(=O)c1cn(Cc2ccccc2Cl)nn1)N1CCCC1. The monoisotopic (exact) mass is 375 g/mol. The van der Waals surface area contributed by atoms with Crippen LogP contribution in [0.2, 0.25) is 5.02 Å². The van der Waals surface area contributed by atoms with Gasteiger partial charge in [-0.05, 0) is 50.9 Å². The van der Waals surface area contributed by atoms with Crippen LogP contribution in [0.3, 0.4) is 0 Å². The van der Waals surface area contributed by atoms with Crippen LogP contribution in [0.4, 0.5) is 0 Å². The van der Waals surface area contributed by atoms with E-state index in [1.54, 1.807) is 15.8 Å². The fraction of sp³-hybridized carbons (Fsp3) is 0.526. The highest BCUT2D eigenvalue weighted by Gasteiger charge is 2.20. The molecule has 1 fully saturated rings. The van der Waals surface area contributed by atoms with Gasteiger partial charge in [0.25, 0.3) is 5.91 Å². The van der Waals surface area contributed by atoms with E-state index in [0.717, 1.165) is 12.0 Å². The molecule has 1 aliphatic heterocycles. The Labute approximate surface area is 159 Å². The van der Waals surface area contributed by atoms with Crippen molar-refractivity contribution in [3.63, 3.8) is 0 Å². The van der Waals surface area contributed by atoms with Crippen LogP contribution in [-0.2, 0) is 6.54 Å². The van der Waals surface area contributed by atoms with Crippen LogP contribution in [0.25, 0.3) is 0 Å². The van der Waals surface area contributed by atoms with E-state index in [-0.39, 0.29) is 5.91 Å². The van der Waals surface area contributed by atoms with Gasteiger partial charge in [-0.3, -0.25) is 4.79 Å². The van der Waals surface area contributed by atoms with Crippen molar-refractivity contribution in [1.82, 2.24) is 24.8 Å². The molecular weight excluding hydrogens is 350 g/mol. The second-order valence-electron chi connectivity index (χ2n) is 7.00. The molecule has 0 bridgehead atoms. The van der Waals surface area contributed by atoms with E-state index in [0.29, 0.717) is 29.8 Å². The molecule has 1 aromatic heterocycles. The molecule has 1 aliphatic rings. The van der Waals surface area contributed by atoms with Gasteiger partial charge in [-0.25, -0.2) is 4.68 Å². The van der Waals surface area contributed by atoms with E-state index < -0.39 is 0 Å². The molecule has 1 aromatic carbocycles. The van der Waals surface area contributed by atoms with E-state index >= 15 is 0 Å². The minimum absolute atomic E-state index is 0.0935. The number of nitrogens with zero attached hydrogens (tertiary/aromatic N) is 5. The van der Waals surface area contributed by atoms with Crippen LogP contribution in [0.5, 0.6) is 0 Å². The lowest BCUT2D eigenvalue weighted by Gasteiger charge is -2.25. The van der Waals surface area contributed by atoms with Gasteiger partial charge in [0, 0.05) is 24.7 Å². The molecule has 1 atom stereocenters. The van der Waals surface area contributed by atoms with Crippen molar-refractivity contribution < 1.29 is 4.79 Å². The third kappa shape index (κ3) is 4.62. The van der Waals surface area contributed by atoms with E-state index in [2.05, 4.69) is 22.1 Å². The fourth-order valence-electron chi connectivity index (χ4n) is 3.32. The highest BCUT2D eigenvalue weighted by molar-refractivity contribution is 6.31. The zero-order valence-electron chi connectivity index (χ0n) is 15.4. The maximum atomic E-state index is 12.6. The van der Waals surface area contributed by atoms with Crippen molar-refractivity contribution in [2.24, 2.45) is 0 Å². The van der Waals surface area contributed by atoms with Gasteiger partial charge in [0.2, 0.25) is 0 Å². The summed E-state index contributed by atoms with van der Waals surface area (Å²) in [6, 6.07) is 8.11. The summed E-state index contributed by atoms with van der Waals surface area (Å²) < 4.78 is 1.65. The number of amides is 1. The Morgan fingerprint density at radius 2 is 2.04 bits per heavy atom. The Bertz CT molecular complexity index is 741. The zero-order valence-corrected chi connectivity index (χ0v) is 16.2. The van der Waals surface area contributed by atoms with Gasteiger partial charge in [-0.1, -0.05) is 35.0 Å². The van der Waals surface area contributed by atoms with Crippen LogP contribution in [-0.4, -0.2) is 63.4 Å². The lowest BCUT2D eigenvalue weighted by molar-refractivity contribution is 0.0775. The summed E-state index contributed by atoms with van der Waals surface area (Å²) in [5.41, 5.74) is 1.32. The van der Waals surface area contributed by atoms with Crippen LogP contribution in [0, 0.1) is 0 Å². The number of likely N-dealkylation sites (tertiary alicyclic amines) is 1. The summed E-state index contributed by atoms with van der Waals surface area (Å²) in [6.07, 6.45) is 5.23. The van der Waals surface area contributed by atoms with Crippen molar-refractivity contribution in [2.45, 2.75) is 38.8 Å². The average molecular weight is 376 g/mol. The van der Waals surface area contributed by atoms with Crippen LogP contribution in [0.1, 0.15) is 42.2 Å². The zero-order chi connectivity index (χ0) is 18.5. The molecule has 0 spiro atoms. The number of rotatable bonds is 7. The molecule has 3 rings (SSSR count). The van der Waals surface area contributed by atoms with E-state index in [4.69, 9.17) is 11.6 Å². The van der Waals surface area contributed by atoms with Gasteiger partial charge in [0.05, 0.1) is 12.7 Å². The van der Waals surface area contributed by atoms with E-state index in [1.807, 2.05) is 31.3 Å². The average Bonchev–Trinajstić information content (AvgIpc) is 3.32. The summed E-state index contributed by atoms with van der Waals surface area (Å²) in [7, 11) is 1.83. The first-order valence-electron chi connectivity index (χ1n) is 9.17. The molecule has 7 heteroatoms. The normalized spacial score (nSPS) is 16.0. The van der Waals surface area contributed by atoms with Crippen molar-refractivity contribution >= 4 is 17.5 Å². The van der Waals surface area contributed by atoms with Crippen LogP contribution >= 0.6 is 11.6 Å². The lowest BCUT2D eigenvalue weighted by atomic mass is 10.2. The van der Waals surface area contributed by atoms with Crippen LogP contribution < -0.4 is 0 Å². The number of carbonyl (C=O) groups is 1. The minimum Gasteiger partial charge on any atom is -0.340 e. The first-order valence-corrected chi connectivity index (χ1v) is 9.55. The number of hydrogen-bond donors (Lipinski definition) is 0. The molecule has 0 aliphatic carbocycles. The predicted octanol–water partition coefficient (Wildman–Crippen LogP) is 2.93. The van der Waals surface area contributed by atoms with Gasteiger partial charge in [-0.2, -0.15) is 0 Å². The molecule has 0 saturated carbocycles. The number of halogens is 1. The number of benzene rings is 1. The molecule has 0 N–H and O–H groups in total. The number of hydrogen-bond acceptors (Lipinski definition) is 4. The molecule has 2 aromatic rings. The van der Waals surface area contributed by atoms with E-state index in [9.17, 15) is 4.79 Å². The number of aromatic nitrogens is 3. The topological polar surface area (TPSA) is 54.3 Å². The maximum absolute atomic E-state index is 12.6. The largest absolute Gasteiger partial charge is 0.340 e. The molecule has 26 heavy (non-hydrogen) atoms. The van der Waals surface area contributed by atoms with E-state index in [1.165, 1.54) is 25.9 Å². The summed E-state index contributed by atoms with van der Waals surface area (Å²) >= 11 is 6.18. The smallest absolute Gasteiger partial charge is 0.275 e. The first kappa shape index (κ1) is 18.9. The standard InChI is InChI=1S/C19H26ClN5O/c1-15(24-10-5-6-11-24)9-12-23(2)19(26)18-14-25(22-21-18)13-16-7-3-4-8-17(16)20/h3-4,7-8,14-15H,5-6,9-13H2,1-2H3. The summed E-state index contributed by atoms with van der Waals surface area (Å²) in [6.45, 7) is 5.80. The van der Waals surface area contributed by atoms with Gasteiger partial charge >= 0.3 is 0 Å². The molecule has 1 unspecified atom stereocenters. The third-order valence-corrected chi connectivity index (χ3v) is 5.41. The molecule has 140 valence electrons. The van der Waals surface area contributed by atoms with Crippen molar-refractivity contribution in [3.8, 4) is 0 Å².